The van der Waals surface area contributed by atoms with Gasteiger partial charge in [-0.3, -0.25) is 4.79 Å². The molecule has 1 unspecified atom stereocenters. The van der Waals surface area contributed by atoms with Crippen LogP contribution in [0.2, 0.25) is 0 Å². The van der Waals surface area contributed by atoms with Gasteiger partial charge in [0.2, 0.25) is 5.91 Å². The van der Waals surface area contributed by atoms with Crippen molar-refractivity contribution in [2.24, 2.45) is 11.3 Å². The summed E-state index contributed by atoms with van der Waals surface area (Å²) in [6.45, 7) is 6.74. The van der Waals surface area contributed by atoms with Crippen molar-refractivity contribution in [2.75, 3.05) is 13.1 Å². The summed E-state index contributed by atoms with van der Waals surface area (Å²) in [7, 11) is 0. The van der Waals surface area contributed by atoms with Gasteiger partial charge in [-0.05, 0) is 50.1 Å². The average molecular weight is 252 g/mol. The Labute approximate surface area is 111 Å². The molecule has 0 bridgehead atoms. The van der Waals surface area contributed by atoms with E-state index in [1.165, 1.54) is 19.3 Å². The second-order valence-electron chi connectivity index (χ2n) is 6.75. The number of hydrogen-bond donors (Lipinski definition) is 2. The van der Waals surface area contributed by atoms with Gasteiger partial charge in [0.25, 0.3) is 0 Å². The molecule has 1 heterocycles. The minimum Gasteiger partial charge on any atom is -0.353 e. The Morgan fingerprint density at radius 2 is 1.94 bits per heavy atom. The lowest BCUT2D eigenvalue weighted by Crippen LogP contribution is -2.47. The van der Waals surface area contributed by atoms with E-state index in [9.17, 15) is 4.79 Å². The first-order valence-electron chi connectivity index (χ1n) is 7.58. The van der Waals surface area contributed by atoms with E-state index < -0.39 is 0 Å². The topological polar surface area (TPSA) is 41.1 Å². The van der Waals surface area contributed by atoms with Crippen LogP contribution in [0, 0.1) is 11.3 Å². The summed E-state index contributed by atoms with van der Waals surface area (Å²) >= 11 is 0. The standard InChI is InChI=1S/C15H28N2O/c1-15(2)8-4-3-5-13(15)17-14(18)11-12-6-9-16-10-7-12/h12-13,16H,3-11H2,1-2H3,(H,17,18). The molecular formula is C15H28N2O. The summed E-state index contributed by atoms with van der Waals surface area (Å²) in [4.78, 5) is 12.1. The van der Waals surface area contributed by atoms with Gasteiger partial charge in [0.05, 0.1) is 0 Å². The van der Waals surface area contributed by atoms with E-state index in [4.69, 9.17) is 0 Å². The molecule has 1 saturated heterocycles. The highest BCUT2D eigenvalue weighted by atomic mass is 16.1. The maximum Gasteiger partial charge on any atom is 0.220 e. The molecule has 2 rings (SSSR count). The predicted molar refractivity (Wildman–Crippen MR) is 74.4 cm³/mol. The van der Waals surface area contributed by atoms with E-state index in [1.807, 2.05) is 0 Å². The van der Waals surface area contributed by atoms with Crippen molar-refractivity contribution in [2.45, 2.75) is 64.8 Å². The first kappa shape index (κ1) is 13.9. The van der Waals surface area contributed by atoms with Crippen molar-refractivity contribution in [3.05, 3.63) is 0 Å². The molecule has 104 valence electrons. The smallest absolute Gasteiger partial charge is 0.220 e. The summed E-state index contributed by atoms with van der Waals surface area (Å²) < 4.78 is 0. The zero-order chi connectivity index (χ0) is 13.0. The highest BCUT2D eigenvalue weighted by molar-refractivity contribution is 5.76. The Kier molecular flexibility index (Phi) is 4.66. The van der Waals surface area contributed by atoms with Crippen LogP contribution in [0.1, 0.15) is 58.8 Å². The quantitative estimate of drug-likeness (QED) is 0.810. The van der Waals surface area contributed by atoms with Crippen molar-refractivity contribution < 1.29 is 4.79 Å². The fraction of sp³-hybridized carbons (Fsp3) is 0.933. The molecule has 2 N–H and O–H groups in total. The molecule has 3 nitrogen and oxygen atoms in total. The molecule has 1 amide bonds. The number of carbonyl (C=O) groups is 1. The number of nitrogens with one attached hydrogen (secondary N) is 2. The lowest BCUT2D eigenvalue weighted by atomic mass is 9.73. The summed E-state index contributed by atoms with van der Waals surface area (Å²) in [6, 6.07) is 0.389. The Morgan fingerprint density at radius 1 is 1.22 bits per heavy atom. The van der Waals surface area contributed by atoms with Crippen LogP contribution in [-0.4, -0.2) is 25.0 Å². The van der Waals surface area contributed by atoms with Gasteiger partial charge in [0, 0.05) is 12.5 Å². The number of rotatable bonds is 3. The van der Waals surface area contributed by atoms with Crippen molar-refractivity contribution >= 4 is 5.91 Å². The lowest BCUT2D eigenvalue weighted by Gasteiger charge is -2.39. The SMILES string of the molecule is CC1(C)CCCCC1NC(=O)CC1CCNCC1. The van der Waals surface area contributed by atoms with E-state index >= 15 is 0 Å². The minimum atomic E-state index is 0.280. The fourth-order valence-electron chi connectivity index (χ4n) is 3.36. The first-order chi connectivity index (χ1) is 8.58. The zero-order valence-corrected chi connectivity index (χ0v) is 11.9. The summed E-state index contributed by atoms with van der Waals surface area (Å²) in [6.07, 6.45) is 8.02. The van der Waals surface area contributed by atoms with Crippen molar-refractivity contribution in [3.63, 3.8) is 0 Å². The van der Waals surface area contributed by atoms with Gasteiger partial charge in [0.1, 0.15) is 0 Å². The number of amides is 1. The Bertz CT molecular complexity index is 282. The molecule has 1 saturated carbocycles. The van der Waals surface area contributed by atoms with Crippen LogP contribution in [0.5, 0.6) is 0 Å². The Balaban J connectivity index is 1.79. The third-order valence-corrected chi connectivity index (χ3v) is 4.78. The van der Waals surface area contributed by atoms with Crippen LogP contribution in [0.25, 0.3) is 0 Å². The molecule has 18 heavy (non-hydrogen) atoms. The van der Waals surface area contributed by atoms with Crippen LogP contribution in [0.15, 0.2) is 0 Å². The van der Waals surface area contributed by atoms with Crippen LogP contribution in [0.4, 0.5) is 0 Å². The summed E-state index contributed by atoms with van der Waals surface area (Å²) in [5, 5.41) is 6.65. The molecule has 3 heteroatoms. The molecule has 0 radical (unpaired) electrons. The van der Waals surface area contributed by atoms with Crippen LogP contribution in [-0.2, 0) is 4.79 Å². The molecule has 2 fully saturated rings. The largest absolute Gasteiger partial charge is 0.353 e. The monoisotopic (exact) mass is 252 g/mol. The van der Waals surface area contributed by atoms with Gasteiger partial charge < -0.3 is 10.6 Å². The second kappa shape index (κ2) is 6.05. The fourth-order valence-corrected chi connectivity index (χ4v) is 3.36. The number of carbonyl (C=O) groups excluding carboxylic acids is 1. The van der Waals surface area contributed by atoms with Crippen molar-refractivity contribution in [1.82, 2.24) is 10.6 Å². The molecule has 2 aliphatic rings. The maximum atomic E-state index is 12.1. The predicted octanol–water partition coefficient (Wildman–Crippen LogP) is 2.46. The van der Waals surface area contributed by atoms with Gasteiger partial charge >= 0.3 is 0 Å². The van der Waals surface area contributed by atoms with Crippen LogP contribution >= 0.6 is 0 Å². The highest BCUT2D eigenvalue weighted by Gasteiger charge is 2.33. The second-order valence-corrected chi connectivity index (χ2v) is 6.75. The first-order valence-corrected chi connectivity index (χ1v) is 7.58. The average Bonchev–Trinajstić information content (AvgIpc) is 2.33. The van der Waals surface area contributed by atoms with Gasteiger partial charge in [-0.25, -0.2) is 0 Å². The van der Waals surface area contributed by atoms with Gasteiger partial charge in [-0.1, -0.05) is 26.7 Å². The van der Waals surface area contributed by atoms with Crippen LogP contribution < -0.4 is 10.6 Å². The van der Waals surface area contributed by atoms with E-state index in [1.54, 1.807) is 0 Å². The highest BCUT2D eigenvalue weighted by Crippen LogP contribution is 2.35. The van der Waals surface area contributed by atoms with E-state index in [0.29, 0.717) is 12.0 Å². The van der Waals surface area contributed by atoms with Gasteiger partial charge in [0.15, 0.2) is 0 Å². The number of hydrogen-bond acceptors (Lipinski definition) is 2. The summed E-state index contributed by atoms with van der Waals surface area (Å²) in [5.41, 5.74) is 0.280. The van der Waals surface area contributed by atoms with Crippen molar-refractivity contribution in [3.8, 4) is 0 Å². The van der Waals surface area contributed by atoms with Crippen molar-refractivity contribution in [1.29, 1.82) is 0 Å². The Morgan fingerprint density at radius 3 is 2.61 bits per heavy atom. The molecular weight excluding hydrogens is 224 g/mol. The summed E-state index contributed by atoms with van der Waals surface area (Å²) in [5.74, 6) is 0.875. The maximum absolute atomic E-state index is 12.1. The molecule has 0 aromatic carbocycles. The zero-order valence-electron chi connectivity index (χ0n) is 11.9. The van der Waals surface area contributed by atoms with Crippen LogP contribution in [0.3, 0.4) is 0 Å². The van der Waals surface area contributed by atoms with E-state index in [2.05, 4.69) is 24.5 Å². The number of piperidine rings is 1. The van der Waals surface area contributed by atoms with E-state index in [-0.39, 0.29) is 11.3 Å². The molecule has 0 spiro atoms. The minimum absolute atomic E-state index is 0.280. The Hall–Kier alpha value is -0.570. The third-order valence-electron chi connectivity index (χ3n) is 4.78. The molecule has 0 aromatic heterocycles. The molecule has 1 aliphatic carbocycles. The lowest BCUT2D eigenvalue weighted by molar-refractivity contribution is -0.124. The normalized spacial score (nSPS) is 28.9. The molecule has 1 aliphatic heterocycles. The molecule has 1 atom stereocenters. The third kappa shape index (κ3) is 3.71. The van der Waals surface area contributed by atoms with Gasteiger partial charge in [-0.15, -0.1) is 0 Å². The van der Waals surface area contributed by atoms with Gasteiger partial charge in [-0.2, -0.15) is 0 Å². The molecule has 0 aromatic rings. The van der Waals surface area contributed by atoms with E-state index in [0.717, 1.165) is 38.8 Å².